The second-order valence-electron chi connectivity index (χ2n) is 4.08. The van der Waals surface area contributed by atoms with Crippen molar-refractivity contribution >= 4 is 51.6 Å². The zero-order chi connectivity index (χ0) is 14.4. The van der Waals surface area contributed by atoms with Gasteiger partial charge in [-0.2, -0.15) is 0 Å². The van der Waals surface area contributed by atoms with Crippen LogP contribution in [0.5, 0.6) is 0 Å². The average molecular weight is 398 g/mol. The first-order valence-electron chi connectivity index (χ1n) is 6.12. The van der Waals surface area contributed by atoms with Gasteiger partial charge in [0.15, 0.2) is 0 Å². The van der Waals surface area contributed by atoms with E-state index in [0.29, 0.717) is 0 Å². The summed E-state index contributed by atoms with van der Waals surface area (Å²) in [6.07, 6.45) is 2.02. The minimum Gasteiger partial charge on any atom is -0.375 e. The maximum Gasteiger partial charge on any atom is 0.243 e. The summed E-state index contributed by atoms with van der Waals surface area (Å²) in [5.41, 5.74) is 1.83. The molecular weight excluding hydrogens is 383 g/mol. The Bertz CT molecular complexity index is 604. The summed E-state index contributed by atoms with van der Waals surface area (Å²) >= 11 is 3.86. The van der Waals surface area contributed by atoms with Crippen LogP contribution in [0.15, 0.2) is 53.4 Å². The summed E-state index contributed by atoms with van der Waals surface area (Å²) in [4.78, 5) is 13.1. The predicted molar refractivity (Wildman–Crippen MR) is 94.5 cm³/mol. The van der Waals surface area contributed by atoms with E-state index in [1.54, 1.807) is 11.8 Å². The lowest BCUT2D eigenvalue weighted by Gasteiger charge is -2.11. The van der Waals surface area contributed by atoms with Gasteiger partial charge in [0.1, 0.15) is 0 Å². The molecule has 0 radical (unpaired) electrons. The third kappa shape index (κ3) is 4.14. The number of carbonyl (C=O) groups is 1. The Kier molecular flexibility index (Phi) is 5.72. The minimum atomic E-state index is -0.0509. The van der Waals surface area contributed by atoms with Crippen LogP contribution >= 0.6 is 34.4 Å². The van der Waals surface area contributed by atoms with E-state index in [1.165, 1.54) is 0 Å². The van der Waals surface area contributed by atoms with Crippen molar-refractivity contribution in [2.24, 2.45) is 0 Å². The number of para-hydroxylation sites is 2. The van der Waals surface area contributed by atoms with Crippen LogP contribution in [-0.4, -0.2) is 18.7 Å². The Hall–Kier alpha value is -1.21. The summed E-state index contributed by atoms with van der Waals surface area (Å²) in [6.45, 7) is 0.253. The van der Waals surface area contributed by atoms with Crippen LogP contribution in [0.25, 0.3) is 0 Å². The average Bonchev–Trinajstić information content (AvgIpc) is 2.48. The largest absolute Gasteiger partial charge is 0.375 e. The molecule has 0 bridgehead atoms. The van der Waals surface area contributed by atoms with Gasteiger partial charge < -0.3 is 10.6 Å². The van der Waals surface area contributed by atoms with Crippen molar-refractivity contribution in [1.29, 1.82) is 0 Å². The fourth-order valence-electron chi connectivity index (χ4n) is 1.72. The Balaban J connectivity index is 1.94. The van der Waals surface area contributed by atoms with Crippen molar-refractivity contribution in [3.63, 3.8) is 0 Å². The molecule has 0 aliphatic carbocycles. The van der Waals surface area contributed by atoms with Crippen LogP contribution < -0.4 is 10.6 Å². The zero-order valence-corrected chi connectivity index (χ0v) is 14.0. The van der Waals surface area contributed by atoms with Crippen LogP contribution in [-0.2, 0) is 4.79 Å². The molecule has 0 aliphatic heterocycles. The van der Waals surface area contributed by atoms with Crippen LogP contribution in [0.3, 0.4) is 0 Å². The normalized spacial score (nSPS) is 10.1. The maximum absolute atomic E-state index is 12.0. The molecule has 0 spiro atoms. The number of halogens is 1. The second-order valence-corrected chi connectivity index (χ2v) is 6.09. The molecule has 20 heavy (non-hydrogen) atoms. The number of anilines is 2. The Labute approximate surface area is 136 Å². The SMILES string of the molecule is CSc1ccccc1NCC(=O)Nc1ccccc1I. The number of hydrogen-bond donors (Lipinski definition) is 2. The van der Waals surface area contributed by atoms with Gasteiger partial charge in [-0.25, -0.2) is 0 Å². The molecule has 2 N–H and O–H groups in total. The molecule has 0 heterocycles. The van der Waals surface area contributed by atoms with Gasteiger partial charge in [-0.05, 0) is 53.1 Å². The highest BCUT2D eigenvalue weighted by atomic mass is 127. The van der Waals surface area contributed by atoms with Gasteiger partial charge >= 0.3 is 0 Å². The first kappa shape index (κ1) is 15.2. The van der Waals surface area contributed by atoms with Gasteiger partial charge in [0, 0.05) is 14.2 Å². The Morgan fingerprint density at radius 3 is 2.45 bits per heavy atom. The fraction of sp³-hybridized carbons (Fsp3) is 0.133. The highest BCUT2D eigenvalue weighted by molar-refractivity contribution is 14.1. The van der Waals surface area contributed by atoms with Gasteiger partial charge in [-0.3, -0.25) is 4.79 Å². The van der Waals surface area contributed by atoms with E-state index in [9.17, 15) is 4.79 Å². The van der Waals surface area contributed by atoms with E-state index in [-0.39, 0.29) is 12.5 Å². The number of benzene rings is 2. The molecule has 0 saturated carbocycles. The highest BCUT2D eigenvalue weighted by Crippen LogP contribution is 2.24. The van der Waals surface area contributed by atoms with Crippen molar-refractivity contribution in [3.05, 3.63) is 52.1 Å². The molecule has 0 aliphatic rings. The third-order valence-corrected chi connectivity index (χ3v) is 4.43. The van der Waals surface area contributed by atoms with Crippen molar-refractivity contribution in [2.45, 2.75) is 4.90 Å². The van der Waals surface area contributed by atoms with Gasteiger partial charge in [-0.15, -0.1) is 11.8 Å². The standard InChI is InChI=1S/C15H15IN2OS/c1-20-14-9-5-4-8-13(14)17-10-15(19)18-12-7-3-2-6-11(12)16/h2-9,17H,10H2,1H3,(H,18,19). The molecule has 0 fully saturated rings. The first-order valence-corrected chi connectivity index (χ1v) is 8.42. The number of hydrogen-bond acceptors (Lipinski definition) is 3. The molecule has 0 saturated heterocycles. The molecular formula is C15H15IN2OS. The smallest absolute Gasteiger partial charge is 0.243 e. The molecule has 2 aromatic carbocycles. The molecule has 5 heteroatoms. The van der Waals surface area contributed by atoms with Crippen LogP contribution in [0.1, 0.15) is 0 Å². The van der Waals surface area contributed by atoms with E-state index in [1.807, 2.05) is 54.8 Å². The maximum atomic E-state index is 12.0. The number of thioether (sulfide) groups is 1. The van der Waals surface area contributed by atoms with Gasteiger partial charge in [0.25, 0.3) is 0 Å². The summed E-state index contributed by atoms with van der Waals surface area (Å²) in [5.74, 6) is -0.0509. The van der Waals surface area contributed by atoms with Crippen molar-refractivity contribution in [1.82, 2.24) is 0 Å². The Morgan fingerprint density at radius 2 is 1.75 bits per heavy atom. The van der Waals surface area contributed by atoms with Gasteiger partial charge in [0.2, 0.25) is 5.91 Å². The summed E-state index contributed by atoms with van der Waals surface area (Å²) in [7, 11) is 0. The summed E-state index contributed by atoms with van der Waals surface area (Å²) < 4.78 is 1.03. The van der Waals surface area contributed by atoms with E-state index in [0.717, 1.165) is 19.8 Å². The molecule has 0 atom stereocenters. The van der Waals surface area contributed by atoms with E-state index in [2.05, 4.69) is 33.2 Å². The van der Waals surface area contributed by atoms with Crippen LogP contribution in [0.4, 0.5) is 11.4 Å². The summed E-state index contributed by atoms with van der Waals surface area (Å²) in [6, 6.07) is 15.7. The van der Waals surface area contributed by atoms with Crippen LogP contribution in [0.2, 0.25) is 0 Å². The first-order chi connectivity index (χ1) is 9.70. The quantitative estimate of drug-likeness (QED) is 0.590. The molecule has 0 aromatic heterocycles. The van der Waals surface area contributed by atoms with E-state index >= 15 is 0 Å². The number of nitrogens with one attached hydrogen (secondary N) is 2. The fourth-order valence-corrected chi connectivity index (χ4v) is 2.82. The molecule has 3 nitrogen and oxygen atoms in total. The van der Waals surface area contributed by atoms with Crippen molar-refractivity contribution in [2.75, 3.05) is 23.4 Å². The molecule has 104 valence electrons. The van der Waals surface area contributed by atoms with Gasteiger partial charge in [0.05, 0.1) is 12.2 Å². The predicted octanol–water partition coefficient (Wildman–Crippen LogP) is 4.06. The highest BCUT2D eigenvalue weighted by Gasteiger charge is 2.06. The van der Waals surface area contributed by atoms with E-state index < -0.39 is 0 Å². The van der Waals surface area contributed by atoms with Crippen molar-refractivity contribution < 1.29 is 4.79 Å². The number of amides is 1. The monoisotopic (exact) mass is 398 g/mol. The Morgan fingerprint density at radius 1 is 1.10 bits per heavy atom. The molecule has 2 aromatic rings. The third-order valence-electron chi connectivity index (χ3n) is 2.69. The second kappa shape index (κ2) is 7.54. The van der Waals surface area contributed by atoms with Crippen molar-refractivity contribution in [3.8, 4) is 0 Å². The molecule has 1 amide bonds. The molecule has 0 unspecified atom stereocenters. The lowest BCUT2D eigenvalue weighted by molar-refractivity contribution is -0.114. The number of carbonyl (C=O) groups excluding carboxylic acids is 1. The lowest BCUT2D eigenvalue weighted by atomic mass is 10.3. The molecule has 2 rings (SSSR count). The van der Waals surface area contributed by atoms with E-state index in [4.69, 9.17) is 0 Å². The zero-order valence-electron chi connectivity index (χ0n) is 11.0. The number of rotatable bonds is 5. The van der Waals surface area contributed by atoms with Gasteiger partial charge in [-0.1, -0.05) is 24.3 Å². The topological polar surface area (TPSA) is 41.1 Å². The minimum absolute atomic E-state index is 0.0509. The summed E-state index contributed by atoms with van der Waals surface area (Å²) in [5, 5.41) is 6.07. The lowest BCUT2D eigenvalue weighted by Crippen LogP contribution is -2.22. The van der Waals surface area contributed by atoms with Crippen LogP contribution in [0, 0.1) is 3.57 Å².